The van der Waals surface area contributed by atoms with Gasteiger partial charge in [-0.15, -0.1) is 0 Å². The van der Waals surface area contributed by atoms with Crippen molar-refractivity contribution >= 4 is 34.8 Å². The molecule has 3 aromatic rings. The van der Waals surface area contributed by atoms with Gasteiger partial charge >= 0.3 is 0 Å². The van der Waals surface area contributed by atoms with Crippen LogP contribution in [0.15, 0.2) is 48.7 Å². The molecule has 0 radical (unpaired) electrons. The smallest absolute Gasteiger partial charge is 0.274 e. The average molecular weight is 399 g/mol. The minimum absolute atomic E-state index is 0.204. The monoisotopic (exact) mass is 398 g/mol. The zero-order valence-electron chi connectivity index (χ0n) is 15.6. The Bertz CT molecular complexity index is 1010. The number of ether oxygens (including phenoxy) is 2. The summed E-state index contributed by atoms with van der Waals surface area (Å²) in [5.74, 6) is 1.06. The van der Waals surface area contributed by atoms with Crippen molar-refractivity contribution in [1.29, 1.82) is 0 Å². The van der Waals surface area contributed by atoms with E-state index in [2.05, 4.69) is 20.6 Å². The molecule has 2 N–H and O–H groups in total. The van der Waals surface area contributed by atoms with E-state index in [-0.39, 0.29) is 5.69 Å². The molecule has 0 spiro atoms. The van der Waals surface area contributed by atoms with Crippen molar-refractivity contribution in [2.45, 2.75) is 6.92 Å². The van der Waals surface area contributed by atoms with E-state index in [9.17, 15) is 4.79 Å². The molecule has 0 aliphatic heterocycles. The Balaban J connectivity index is 1.80. The highest BCUT2D eigenvalue weighted by Crippen LogP contribution is 2.31. The van der Waals surface area contributed by atoms with Crippen LogP contribution in [0.5, 0.6) is 11.5 Å². The lowest BCUT2D eigenvalue weighted by molar-refractivity contribution is 0.102. The maximum atomic E-state index is 12.6. The molecule has 0 aliphatic carbocycles. The summed E-state index contributed by atoms with van der Waals surface area (Å²) in [6.45, 7) is 1.85. The maximum Gasteiger partial charge on any atom is 0.274 e. The van der Waals surface area contributed by atoms with Crippen molar-refractivity contribution in [2.75, 3.05) is 24.9 Å². The van der Waals surface area contributed by atoms with Gasteiger partial charge in [0.05, 0.1) is 19.9 Å². The van der Waals surface area contributed by atoms with Crippen LogP contribution in [0.25, 0.3) is 0 Å². The number of hydrogen-bond acceptors (Lipinski definition) is 6. The Morgan fingerprint density at radius 2 is 1.93 bits per heavy atom. The zero-order chi connectivity index (χ0) is 20.1. The van der Waals surface area contributed by atoms with Crippen LogP contribution in [0.1, 0.15) is 16.1 Å². The lowest BCUT2D eigenvalue weighted by Gasteiger charge is -2.12. The molecule has 1 amide bonds. The van der Waals surface area contributed by atoms with Gasteiger partial charge < -0.3 is 20.1 Å². The number of carbonyl (C=O) groups excluding carboxylic acids is 1. The van der Waals surface area contributed by atoms with Crippen molar-refractivity contribution in [1.82, 2.24) is 9.97 Å². The van der Waals surface area contributed by atoms with Crippen LogP contribution in [0.3, 0.4) is 0 Å². The first kappa shape index (κ1) is 19.4. The number of nitrogens with one attached hydrogen (secondary N) is 2. The number of nitrogens with zero attached hydrogens (tertiary/aromatic N) is 2. The number of anilines is 3. The molecular weight excluding hydrogens is 380 g/mol. The van der Waals surface area contributed by atoms with Gasteiger partial charge in [0.25, 0.3) is 5.91 Å². The summed E-state index contributed by atoms with van der Waals surface area (Å²) in [5.41, 5.74) is 2.28. The minimum Gasteiger partial charge on any atom is -0.497 e. The molecule has 144 valence electrons. The van der Waals surface area contributed by atoms with Crippen LogP contribution in [-0.4, -0.2) is 30.1 Å². The predicted octanol–water partition coefficient (Wildman–Crippen LogP) is 4.45. The molecule has 2 aromatic carbocycles. The number of hydrogen-bond donors (Lipinski definition) is 2. The zero-order valence-corrected chi connectivity index (χ0v) is 16.4. The number of rotatable bonds is 6. The molecule has 0 atom stereocenters. The second kappa shape index (κ2) is 8.58. The van der Waals surface area contributed by atoms with Crippen molar-refractivity contribution in [3.05, 3.63) is 64.9 Å². The molecule has 1 heterocycles. The molecule has 7 nitrogen and oxygen atoms in total. The summed E-state index contributed by atoms with van der Waals surface area (Å²) in [7, 11) is 3.10. The van der Waals surface area contributed by atoms with E-state index < -0.39 is 5.91 Å². The van der Waals surface area contributed by atoms with Gasteiger partial charge in [0.15, 0.2) is 0 Å². The summed E-state index contributed by atoms with van der Waals surface area (Å²) in [5, 5.41) is 6.40. The van der Waals surface area contributed by atoms with Crippen molar-refractivity contribution < 1.29 is 14.3 Å². The predicted molar refractivity (Wildman–Crippen MR) is 109 cm³/mol. The SMILES string of the molecule is COc1cccc(Nc2nccc(C(=O)Nc3cc(C)c(Cl)cc3OC)n2)c1. The highest BCUT2D eigenvalue weighted by Gasteiger charge is 2.14. The number of methoxy groups -OCH3 is 2. The van der Waals surface area contributed by atoms with Gasteiger partial charge in [0.1, 0.15) is 17.2 Å². The molecule has 1 aromatic heterocycles. The topological polar surface area (TPSA) is 85.4 Å². The van der Waals surface area contributed by atoms with E-state index in [0.29, 0.717) is 28.2 Å². The molecular formula is C20H19ClN4O3. The second-order valence-corrected chi connectivity index (χ2v) is 6.29. The first-order valence-electron chi connectivity index (χ1n) is 8.39. The van der Waals surface area contributed by atoms with Gasteiger partial charge in [-0.1, -0.05) is 17.7 Å². The van der Waals surface area contributed by atoms with Crippen LogP contribution in [0, 0.1) is 6.92 Å². The number of amides is 1. The fraction of sp³-hybridized carbons (Fsp3) is 0.150. The molecule has 0 saturated heterocycles. The molecule has 0 bridgehead atoms. The van der Waals surface area contributed by atoms with E-state index in [0.717, 1.165) is 11.3 Å². The second-order valence-electron chi connectivity index (χ2n) is 5.88. The quantitative estimate of drug-likeness (QED) is 0.638. The van der Waals surface area contributed by atoms with Gasteiger partial charge in [0, 0.05) is 29.0 Å². The summed E-state index contributed by atoms with van der Waals surface area (Å²) < 4.78 is 10.5. The molecule has 0 saturated carbocycles. The van der Waals surface area contributed by atoms with Crippen LogP contribution < -0.4 is 20.1 Å². The summed E-state index contributed by atoms with van der Waals surface area (Å²) in [6.07, 6.45) is 1.51. The van der Waals surface area contributed by atoms with E-state index in [1.54, 1.807) is 25.3 Å². The fourth-order valence-corrected chi connectivity index (χ4v) is 2.65. The Morgan fingerprint density at radius 1 is 1.11 bits per heavy atom. The maximum absolute atomic E-state index is 12.6. The number of carbonyl (C=O) groups is 1. The normalized spacial score (nSPS) is 10.3. The van der Waals surface area contributed by atoms with E-state index in [1.807, 2.05) is 25.1 Å². The molecule has 0 aliphatic rings. The molecule has 0 fully saturated rings. The minimum atomic E-state index is -0.392. The number of aryl methyl sites for hydroxylation is 1. The molecule has 0 unspecified atom stereocenters. The van der Waals surface area contributed by atoms with Crippen LogP contribution >= 0.6 is 11.6 Å². The fourth-order valence-electron chi connectivity index (χ4n) is 2.49. The van der Waals surface area contributed by atoms with Crippen molar-refractivity contribution in [2.24, 2.45) is 0 Å². The highest BCUT2D eigenvalue weighted by molar-refractivity contribution is 6.31. The third-order valence-corrected chi connectivity index (χ3v) is 4.35. The first-order valence-corrected chi connectivity index (χ1v) is 8.77. The van der Waals surface area contributed by atoms with Crippen molar-refractivity contribution in [3.63, 3.8) is 0 Å². The summed E-state index contributed by atoms with van der Waals surface area (Å²) in [4.78, 5) is 21.1. The lowest BCUT2D eigenvalue weighted by Crippen LogP contribution is -2.15. The van der Waals surface area contributed by atoms with E-state index in [1.165, 1.54) is 19.4 Å². The molecule has 28 heavy (non-hydrogen) atoms. The number of benzene rings is 2. The van der Waals surface area contributed by atoms with Crippen LogP contribution in [-0.2, 0) is 0 Å². The third-order valence-electron chi connectivity index (χ3n) is 3.94. The Kier molecular flexibility index (Phi) is 5.96. The summed E-state index contributed by atoms with van der Waals surface area (Å²) in [6, 6.07) is 12.3. The number of aromatic nitrogens is 2. The Morgan fingerprint density at radius 3 is 2.68 bits per heavy atom. The van der Waals surface area contributed by atoms with Gasteiger partial charge in [-0.05, 0) is 36.8 Å². The van der Waals surface area contributed by atoms with Gasteiger partial charge in [-0.25, -0.2) is 9.97 Å². The van der Waals surface area contributed by atoms with Crippen molar-refractivity contribution in [3.8, 4) is 11.5 Å². The van der Waals surface area contributed by atoms with E-state index >= 15 is 0 Å². The van der Waals surface area contributed by atoms with Crippen LogP contribution in [0.2, 0.25) is 5.02 Å². The van der Waals surface area contributed by atoms with Crippen LogP contribution in [0.4, 0.5) is 17.3 Å². The molecule has 3 rings (SSSR count). The summed E-state index contributed by atoms with van der Waals surface area (Å²) >= 11 is 6.11. The van der Waals surface area contributed by atoms with Gasteiger partial charge in [-0.3, -0.25) is 4.79 Å². The molecule has 8 heteroatoms. The highest BCUT2D eigenvalue weighted by atomic mass is 35.5. The Labute approximate surface area is 167 Å². The number of halogens is 1. The average Bonchev–Trinajstić information content (AvgIpc) is 2.70. The standard InChI is InChI=1S/C20H19ClN4O3/c1-12-9-17(18(28-3)11-15(12)21)24-19(26)16-7-8-22-20(25-16)23-13-5-4-6-14(10-13)27-2/h4-11H,1-3H3,(H,24,26)(H,22,23,25). The van der Waals surface area contributed by atoms with E-state index in [4.69, 9.17) is 21.1 Å². The lowest BCUT2D eigenvalue weighted by atomic mass is 10.2. The van der Waals surface area contributed by atoms with Gasteiger partial charge in [-0.2, -0.15) is 0 Å². The Hall–Kier alpha value is -3.32. The largest absolute Gasteiger partial charge is 0.497 e. The third kappa shape index (κ3) is 4.50. The first-order chi connectivity index (χ1) is 13.5. The van der Waals surface area contributed by atoms with Gasteiger partial charge in [0.2, 0.25) is 5.95 Å².